The van der Waals surface area contributed by atoms with Crippen molar-refractivity contribution in [1.29, 1.82) is 0 Å². The van der Waals surface area contributed by atoms with Crippen LogP contribution in [0.3, 0.4) is 0 Å². The number of rotatable bonds is 11. The van der Waals surface area contributed by atoms with Gasteiger partial charge in [-0.2, -0.15) is 0 Å². The van der Waals surface area contributed by atoms with E-state index in [1.807, 2.05) is 23.1 Å². The smallest absolute Gasteiger partial charge is 0.224 e. The van der Waals surface area contributed by atoms with Gasteiger partial charge in [0.05, 0.1) is 6.61 Å². The molecule has 166 valence electrons. The van der Waals surface area contributed by atoms with Crippen molar-refractivity contribution in [3.63, 3.8) is 0 Å². The lowest BCUT2D eigenvalue weighted by atomic mass is 9.89. The highest BCUT2D eigenvalue weighted by Gasteiger charge is 2.20. The summed E-state index contributed by atoms with van der Waals surface area (Å²) in [6.45, 7) is 2.30. The highest BCUT2D eigenvalue weighted by Crippen LogP contribution is 2.27. The summed E-state index contributed by atoms with van der Waals surface area (Å²) in [6, 6.07) is 5.75. The van der Waals surface area contributed by atoms with Gasteiger partial charge >= 0.3 is 0 Å². The van der Waals surface area contributed by atoms with Crippen LogP contribution >= 0.6 is 0 Å². The molecule has 3 rings (SSSR count). The molecule has 1 fully saturated rings. The molecule has 1 saturated carbocycles. The maximum Gasteiger partial charge on any atom is 0.224 e. The van der Waals surface area contributed by atoms with Crippen LogP contribution in [0.4, 0.5) is 5.69 Å². The van der Waals surface area contributed by atoms with E-state index in [1.165, 1.54) is 32.1 Å². The number of aliphatic hydroxyl groups is 1. The Morgan fingerprint density at radius 3 is 2.77 bits per heavy atom. The highest BCUT2D eigenvalue weighted by molar-refractivity contribution is 5.94. The van der Waals surface area contributed by atoms with E-state index in [1.54, 1.807) is 0 Å². The zero-order valence-electron chi connectivity index (χ0n) is 18.0. The zero-order chi connectivity index (χ0) is 21.2. The minimum atomic E-state index is 0.0615. The first kappa shape index (κ1) is 22.6. The number of fused-ring (bicyclic) bond motifs is 1. The van der Waals surface area contributed by atoms with Gasteiger partial charge in [-0.15, -0.1) is 0 Å². The van der Waals surface area contributed by atoms with Crippen LogP contribution in [0.25, 0.3) is 0 Å². The predicted molar refractivity (Wildman–Crippen MR) is 118 cm³/mol. The fraction of sp³-hybridized carbons (Fsp3) is 0.667. The number of aliphatic hydroxyl groups excluding tert-OH is 1. The molecule has 2 aliphatic rings. The Balaban J connectivity index is 1.43. The summed E-state index contributed by atoms with van der Waals surface area (Å²) in [6.07, 6.45) is 10.4. The SMILES string of the molecule is O=C1CCc2cc(OCCCC(=O)N(CCCCO)CC3CCCCC3)ccc2N1. The van der Waals surface area contributed by atoms with E-state index in [-0.39, 0.29) is 18.4 Å². The van der Waals surface area contributed by atoms with E-state index in [0.717, 1.165) is 49.4 Å². The van der Waals surface area contributed by atoms with E-state index < -0.39 is 0 Å². The van der Waals surface area contributed by atoms with Gasteiger partial charge in [-0.05, 0) is 68.2 Å². The van der Waals surface area contributed by atoms with Gasteiger partial charge in [0.15, 0.2) is 0 Å². The quantitative estimate of drug-likeness (QED) is 0.536. The van der Waals surface area contributed by atoms with Crippen molar-refractivity contribution in [2.75, 3.05) is 31.6 Å². The second-order valence-corrected chi connectivity index (χ2v) is 8.59. The number of hydrogen-bond donors (Lipinski definition) is 2. The first-order chi connectivity index (χ1) is 14.7. The molecule has 0 bridgehead atoms. The molecule has 30 heavy (non-hydrogen) atoms. The van der Waals surface area contributed by atoms with Crippen LogP contribution in [0.1, 0.15) is 69.8 Å². The molecule has 2 N–H and O–H groups in total. The van der Waals surface area contributed by atoms with Crippen molar-refractivity contribution >= 4 is 17.5 Å². The third-order valence-electron chi connectivity index (χ3n) is 6.17. The van der Waals surface area contributed by atoms with Gasteiger partial charge in [-0.1, -0.05) is 19.3 Å². The van der Waals surface area contributed by atoms with Crippen LogP contribution in [-0.2, 0) is 16.0 Å². The molecule has 0 aromatic heterocycles. The lowest BCUT2D eigenvalue weighted by molar-refractivity contribution is -0.132. The summed E-state index contributed by atoms with van der Waals surface area (Å²) < 4.78 is 5.86. The molecule has 0 radical (unpaired) electrons. The largest absolute Gasteiger partial charge is 0.494 e. The molecule has 2 amide bonds. The van der Waals surface area contributed by atoms with E-state index in [0.29, 0.717) is 31.8 Å². The predicted octanol–water partition coefficient (Wildman–Crippen LogP) is 3.91. The number of anilines is 1. The number of amides is 2. The second kappa shape index (κ2) is 11.9. The molecule has 6 heteroatoms. The van der Waals surface area contributed by atoms with Crippen LogP contribution in [-0.4, -0.2) is 48.1 Å². The molecule has 0 atom stereocenters. The van der Waals surface area contributed by atoms with Gasteiger partial charge in [-0.25, -0.2) is 0 Å². The number of benzene rings is 1. The molecule has 0 spiro atoms. The number of carbonyl (C=O) groups excluding carboxylic acids is 2. The first-order valence-electron chi connectivity index (χ1n) is 11.6. The van der Waals surface area contributed by atoms with Crippen LogP contribution in [0.15, 0.2) is 18.2 Å². The van der Waals surface area contributed by atoms with Gasteiger partial charge in [-0.3, -0.25) is 9.59 Å². The minimum absolute atomic E-state index is 0.0615. The molecule has 1 aromatic rings. The number of aryl methyl sites for hydroxylation is 1. The van der Waals surface area contributed by atoms with Crippen molar-refractivity contribution in [2.45, 2.75) is 70.6 Å². The maximum atomic E-state index is 12.8. The van der Waals surface area contributed by atoms with Crippen molar-refractivity contribution in [3.05, 3.63) is 23.8 Å². The van der Waals surface area contributed by atoms with Gasteiger partial charge in [0.25, 0.3) is 0 Å². The number of hydrogen-bond acceptors (Lipinski definition) is 4. The second-order valence-electron chi connectivity index (χ2n) is 8.59. The van der Waals surface area contributed by atoms with Gasteiger partial charge in [0.2, 0.25) is 11.8 Å². The monoisotopic (exact) mass is 416 g/mol. The topological polar surface area (TPSA) is 78.9 Å². The minimum Gasteiger partial charge on any atom is -0.494 e. The zero-order valence-corrected chi connectivity index (χ0v) is 18.0. The fourth-order valence-electron chi connectivity index (χ4n) is 4.43. The van der Waals surface area contributed by atoms with E-state index in [9.17, 15) is 9.59 Å². The van der Waals surface area contributed by atoms with Gasteiger partial charge in [0.1, 0.15) is 5.75 Å². The fourth-order valence-corrected chi connectivity index (χ4v) is 4.43. The first-order valence-corrected chi connectivity index (χ1v) is 11.6. The van der Waals surface area contributed by atoms with Crippen LogP contribution in [0.2, 0.25) is 0 Å². The van der Waals surface area contributed by atoms with E-state index >= 15 is 0 Å². The number of ether oxygens (including phenoxy) is 1. The summed E-state index contributed by atoms with van der Waals surface area (Å²) in [7, 11) is 0. The number of nitrogens with zero attached hydrogens (tertiary/aromatic N) is 1. The van der Waals surface area contributed by atoms with Crippen molar-refractivity contribution < 1.29 is 19.4 Å². The highest BCUT2D eigenvalue weighted by atomic mass is 16.5. The average Bonchev–Trinajstić information content (AvgIpc) is 2.76. The Morgan fingerprint density at radius 1 is 1.13 bits per heavy atom. The Morgan fingerprint density at radius 2 is 1.97 bits per heavy atom. The average molecular weight is 417 g/mol. The van der Waals surface area contributed by atoms with Crippen molar-refractivity contribution in [1.82, 2.24) is 4.90 Å². The standard InChI is InChI=1S/C24H36N2O4/c27-15-5-4-14-26(18-19-7-2-1-3-8-19)24(29)9-6-16-30-21-11-12-22-20(17-21)10-13-23(28)25-22/h11-12,17,19,27H,1-10,13-16,18H2,(H,25,28). The Kier molecular flexibility index (Phi) is 9.00. The third kappa shape index (κ3) is 7.01. The molecule has 1 aliphatic carbocycles. The Hall–Kier alpha value is -2.08. The molecule has 1 heterocycles. The molecule has 0 unspecified atom stereocenters. The third-order valence-corrected chi connectivity index (χ3v) is 6.17. The van der Waals surface area contributed by atoms with E-state index in [2.05, 4.69) is 5.32 Å². The molecular formula is C24H36N2O4. The van der Waals surface area contributed by atoms with Crippen LogP contribution < -0.4 is 10.1 Å². The number of carbonyl (C=O) groups is 2. The Bertz CT molecular complexity index is 700. The molecule has 1 aromatic carbocycles. The summed E-state index contributed by atoms with van der Waals surface area (Å²) in [5.41, 5.74) is 1.97. The molecule has 6 nitrogen and oxygen atoms in total. The molecule has 1 aliphatic heterocycles. The summed E-state index contributed by atoms with van der Waals surface area (Å²) >= 11 is 0. The molecule has 0 saturated heterocycles. The lowest BCUT2D eigenvalue weighted by Gasteiger charge is -2.30. The molecular weight excluding hydrogens is 380 g/mol. The summed E-state index contributed by atoms with van der Waals surface area (Å²) in [5.74, 6) is 1.69. The summed E-state index contributed by atoms with van der Waals surface area (Å²) in [5, 5.41) is 11.9. The number of unbranched alkanes of at least 4 members (excludes halogenated alkanes) is 1. The summed E-state index contributed by atoms with van der Waals surface area (Å²) in [4.78, 5) is 26.3. The van der Waals surface area contributed by atoms with Crippen molar-refractivity contribution in [3.8, 4) is 5.75 Å². The van der Waals surface area contributed by atoms with Crippen LogP contribution in [0, 0.1) is 5.92 Å². The van der Waals surface area contributed by atoms with Crippen molar-refractivity contribution in [2.24, 2.45) is 5.92 Å². The normalized spacial score (nSPS) is 16.6. The van der Waals surface area contributed by atoms with Gasteiger partial charge in [0, 0.05) is 38.2 Å². The van der Waals surface area contributed by atoms with Gasteiger partial charge < -0.3 is 20.1 Å². The van der Waals surface area contributed by atoms with E-state index in [4.69, 9.17) is 9.84 Å². The number of nitrogens with one attached hydrogen (secondary N) is 1. The Labute approximate surface area is 180 Å². The maximum absolute atomic E-state index is 12.8. The van der Waals surface area contributed by atoms with Crippen LogP contribution in [0.5, 0.6) is 5.75 Å². The lowest BCUT2D eigenvalue weighted by Crippen LogP contribution is -2.37.